The fraction of sp³-hybridized carbons (Fsp3) is 0.308. The van der Waals surface area contributed by atoms with E-state index >= 15 is 0 Å². The van der Waals surface area contributed by atoms with Gasteiger partial charge in [-0.1, -0.05) is 6.92 Å². The number of carbonyl (C=O) groups excluding carboxylic acids is 1. The van der Waals surface area contributed by atoms with Crippen LogP contribution in [0.4, 0.5) is 5.69 Å². The van der Waals surface area contributed by atoms with Gasteiger partial charge in [0.15, 0.2) is 0 Å². The van der Waals surface area contributed by atoms with Crippen molar-refractivity contribution in [1.82, 2.24) is 19.2 Å². The van der Waals surface area contributed by atoms with Gasteiger partial charge in [0.05, 0.1) is 20.8 Å². The van der Waals surface area contributed by atoms with E-state index in [2.05, 4.69) is 15.5 Å². The largest absolute Gasteiger partial charge is 0.497 e. The van der Waals surface area contributed by atoms with Crippen LogP contribution in [-0.4, -0.2) is 45.9 Å². The van der Waals surface area contributed by atoms with Crippen molar-refractivity contribution in [1.29, 1.82) is 0 Å². The smallest absolute Gasteiger partial charge is 0.300 e. The molecule has 0 fully saturated rings. The van der Waals surface area contributed by atoms with E-state index in [0.717, 1.165) is 5.75 Å². The van der Waals surface area contributed by atoms with Crippen LogP contribution >= 0.6 is 0 Å². The Morgan fingerprint density at radius 2 is 1.69 bits per heavy atom. The Morgan fingerprint density at radius 3 is 2.33 bits per heavy atom. The van der Waals surface area contributed by atoms with Crippen molar-refractivity contribution in [2.45, 2.75) is 26.7 Å². The van der Waals surface area contributed by atoms with E-state index in [4.69, 9.17) is 14.2 Å². The number of fused-ring (bicyclic) bond motifs is 1. The molecule has 2 aromatic heterocycles. The summed E-state index contributed by atoms with van der Waals surface area (Å²) >= 11 is 0. The van der Waals surface area contributed by atoms with Crippen molar-refractivity contribution >= 4 is 17.2 Å². The number of amides is 1. The summed E-state index contributed by atoms with van der Waals surface area (Å²) in [4.78, 5) is 25.7. The average Bonchev–Trinajstić information content (AvgIpc) is 3.28. The first-order chi connectivity index (χ1) is 17.4. The van der Waals surface area contributed by atoms with Crippen molar-refractivity contribution in [2.24, 2.45) is 5.92 Å². The van der Waals surface area contributed by atoms with Gasteiger partial charge in [-0.15, -0.1) is 10.2 Å². The molecule has 1 amide bonds. The van der Waals surface area contributed by atoms with Crippen LogP contribution in [-0.2, 0) is 11.2 Å². The number of nitrogens with zero attached hydrogens (tertiary/aromatic N) is 4. The fourth-order valence-electron chi connectivity index (χ4n) is 3.94. The van der Waals surface area contributed by atoms with E-state index in [-0.39, 0.29) is 29.5 Å². The number of hydrogen-bond donors (Lipinski definition) is 1. The fourth-order valence-corrected chi connectivity index (χ4v) is 3.94. The average molecular weight is 492 g/mol. The molecule has 2 heterocycles. The van der Waals surface area contributed by atoms with E-state index in [0.29, 0.717) is 41.7 Å². The predicted octanol–water partition coefficient (Wildman–Crippen LogP) is 3.50. The van der Waals surface area contributed by atoms with Crippen molar-refractivity contribution in [3.63, 3.8) is 0 Å². The number of aromatic nitrogens is 4. The van der Waals surface area contributed by atoms with E-state index in [1.54, 1.807) is 49.2 Å². The predicted molar refractivity (Wildman–Crippen MR) is 135 cm³/mol. The summed E-state index contributed by atoms with van der Waals surface area (Å²) in [6.07, 6.45) is 4.18. The molecule has 36 heavy (non-hydrogen) atoms. The molecule has 10 heteroatoms. The number of ether oxygens (including phenoxy) is 3. The van der Waals surface area contributed by atoms with Gasteiger partial charge in [-0.3, -0.25) is 18.6 Å². The van der Waals surface area contributed by atoms with Gasteiger partial charge in [-0.25, -0.2) is 0 Å². The van der Waals surface area contributed by atoms with E-state index in [1.165, 1.54) is 4.57 Å². The Bertz CT molecular complexity index is 1390. The van der Waals surface area contributed by atoms with Gasteiger partial charge in [-0.2, -0.15) is 0 Å². The molecule has 188 valence electrons. The molecule has 0 saturated heterocycles. The molecule has 4 aromatic rings. The first kappa shape index (κ1) is 24.8. The van der Waals surface area contributed by atoms with Crippen LogP contribution in [0, 0.1) is 5.92 Å². The normalized spacial score (nSPS) is 11.8. The monoisotopic (exact) mass is 491 g/mol. The van der Waals surface area contributed by atoms with Crippen molar-refractivity contribution in [2.75, 3.05) is 26.1 Å². The number of nitrogens with one attached hydrogen (secondary N) is 1. The Balaban J connectivity index is 1.45. The van der Waals surface area contributed by atoms with E-state index < -0.39 is 0 Å². The van der Waals surface area contributed by atoms with Crippen molar-refractivity contribution < 1.29 is 19.0 Å². The Hall–Kier alpha value is -4.34. The van der Waals surface area contributed by atoms with Crippen molar-refractivity contribution in [3.8, 4) is 22.9 Å². The minimum atomic E-state index is -0.280. The van der Waals surface area contributed by atoms with Gasteiger partial charge in [0.2, 0.25) is 11.6 Å². The second-order valence-electron chi connectivity index (χ2n) is 8.37. The quantitative estimate of drug-likeness (QED) is 0.362. The highest BCUT2D eigenvalue weighted by atomic mass is 16.5. The van der Waals surface area contributed by atoms with Crippen LogP contribution in [0.2, 0.25) is 0 Å². The molecule has 0 aliphatic rings. The number of benzene rings is 2. The Labute approximate surface area is 208 Å². The van der Waals surface area contributed by atoms with Crippen LogP contribution in [0.5, 0.6) is 17.2 Å². The first-order valence-electron chi connectivity index (χ1n) is 11.6. The highest BCUT2D eigenvalue weighted by molar-refractivity contribution is 5.91. The van der Waals surface area contributed by atoms with Crippen LogP contribution in [0.3, 0.4) is 0 Å². The van der Waals surface area contributed by atoms with Gasteiger partial charge in [0.1, 0.15) is 23.1 Å². The summed E-state index contributed by atoms with van der Waals surface area (Å²) in [5.74, 6) is 2.34. The maximum atomic E-state index is 13.0. The third-order valence-corrected chi connectivity index (χ3v) is 5.67. The lowest BCUT2D eigenvalue weighted by Crippen LogP contribution is -2.21. The number of hydrogen-bond acceptors (Lipinski definition) is 7. The van der Waals surface area contributed by atoms with Gasteiger partial charge in [-0.05, 0) is 37.1 Å². The van der Waals surface area contributed by atoms with Crippen molar-refractivity contribution in [3.05, 3.63) is 71.0 Å². The van der Waals surface area contributed by atoms with Gasteiger partial charge < -0.3 is 19.5 Å². The Morgan fingerprint density at radius 1 is 1.00 bits per heavy atom. The summed E-state index contributed by atoms with van der Waals surface area (Å²) in [6.45, 7) is 4.44. The summed E-state index contributed by atoms with van der Waals surface area (Å²) < 4.78 is 19.2. The summed E-state index contributed by atoms with van der Waals surface area (Å²) in [5, 5.41) is 11.2. The van der Waals surface area contributed by atoms with Gasteiger partial charge in [0, 0.05) is 54.8 Å². The van der Waals surface area contributed by atoms with E-state index in [1.807, 2.05) is 38.1 Å². The van der Waals surface area contributed by atoms with Crippen LogP contribution in [0.25, 0.3) is 11.3 Å². The highest BCUT2D eigenvalue weighted by Crippen LogP contribution is 2.26. The number of methoxy groups -OCH3 is 2. The lowest BCUT2D eigenvalue weighted by atomic mass is 10.0. The maximum absolute atomic E-state index is 13.0. The van der Waals surface area contributed by atoms with Crippen LogP contribution in [0.1, 0.15) is 26.1 Å². The molecule has 0 aliphatic carbocycles. The second-order valence-corrected chi connectivity index (χ2v) is 8.37. The molecule has 0 saturated carbocycles. The zero-order chi connectivity index (χ0) is 25.7. The summed E-state index contributed by atoms with van der Waals surface area (Å²) in [6, 6.07) is 12.5. The molecule has 0 radical (unpaired) electrons. The highest BCUT2D eigenvalue weighted by Gasteiger charge is 2.17. The van der Waals surface area contributed by atoms with Crippen LogP contribution in [0.15, 0.2) is 59.7 Å². The molecule has 0 unspecified atom stereocenters. The minimum Gasteiger partial charge on any atom is -0.497 e. The number of carbonyl (C=O) groups is 1. The Kier molecular flexibility index (Phi) is 7.53. The van der Waals surface area contributed by atoms with Crippen LogP contribution < -0.4 is 25.1 Å². The third-order valence-electron chi connectivity index (χ3n) is 5.67. The lowest BCUT2D eigenvalue weighted by Gasteiger charge is -2.13. The minimum absolute atomic E-state index is 0.0431. The number of anilines is 1. The molecular weight excluding hydrogens is 462 g/mol. The van der Waals surface area contributed by atoms with E-state index in [9.17, 15) is 9.59 Å². The topological polar surface area (TPSA) is 109 Å². The zero-order valence-electron chi connectivity index (χ0n) is 20.7. The summed E-state index contributed by atoms with van der Waals surface area (Å²) in [7, 11) is 3.11. The standard InChI is InChI=1S/C26H29N5O5/c1-5-36-20-8-6-19(7-9-20)30-10-11-31-23(28-29-25(31)26(30)33)12-17(2)13-24(32)27-18-14-21(34-3)16-22(15-18)35-4/h6-11,14-17H,5,12-13H2,1-4H3,(H,27,32)/t17-/m1/s1. The molecule has 1 N–H and O–H groups in total. The molecule has 0 aliphatic heterocycles. The molecule has 1 atom stereocenters. The zero-order valence-corrected chi connectivity index (χ0v) is 20.7. The lowest BCUT2D eigenvalue weighted by molar-refractivity contribution is -0.116. The third kappa shape index (κ3) is 5.48. The maximum Gasteiger partial charge on any atom is 0.300 e. The summed E-state index contributed by atoms with van der Waals surface area (Å²) in [5.41, 5.74) is 1.24. The molecule has 0 bridgehead atoms. The molecule has 0 spiro atoms. The van der Waals surface area contributed by atoms with Gasteiger partial charge in [0.25, 0.3) is 0 Å². The first-order valence-corrected chi connectivity index (χ1v) is 11.6. The molecule has 10 nitrogen and oxygen atoms in total. The molecule has 2 aromatic carbocycles. The number of rotatable bonds is 10. The second kappa shape index (κ2) is 10.9. The molecular formula is C26H29N5O5. The SMILES string of the molecule is CCOc1ccc(-n2ccn3c(C[C@@H](C)CC(=O)Nc4cc(OC)cc(OC)c4)nnc3c2=O)cc1. The molecule has 4 rings (SSSR count). The van der Waals surface area contributed by atoms with Gasteiger partial charge >= 0.3 is 5.56 Å².